The van der Waals surface area contributed by atoms with E-state index < -0.39 is 0 Å². The molecular weight excluding hydrogens is 254 g/mol. The van der Waals surface area contributed by atoms with Crippen molar-refractivity contribution < 1.29 is 14.6 Å². The van der Waals surface area contributed by atoms with E-state index in [0.29, 0.717) is 13.1 Å². The number of carbonyl (C=O) groups excluding carboxylic acids is 1. The Morgan fingerprint density at radius 1 is 1.35 bits per heavy atom. The van der Waals surface area contributed by atoms with Gasteiger partial charge in [-0.2, -0.15) is 0 Å². The molecule has 4 heteroatoms. The zero-order valence-corrected chi connectivity index (χ0v) is 12.4. The lowest BCUT2D eigenvalue weighted by Gasteiger charge is -2.35. The van der Waals surface area contributed by atoms with Gasteiger partial charge in [0, 0.05) is 18.7 Å². The van der Waals surface area contributed by atoms with Crippen LogP contribution in [0.1, 0.15) is 28.4 Å². The molecule has 1 aliphatic heterocycles. The second-order valence-corrected chi connectivity index (χ2v) is 5.67. The van der Waals surface area contributed by atoms with Crippen LogP contribution in [0.25, 0.3) is 0 Å². The van der Waals surface area contributed by atoms with Gasteiger partial charge in [-0.25, -0.2) is 0 Å². The van der Waals surface area contributed by atoms with Gasteiger partial charge in [0.1, 0.15) is 0 Å². The first-order valence-electron chi connectivity index (χ1n) is 7.08. The molecule has 2 rings (SSSR count). The first-order chi connectivity index (χ1) is 9.49. The van der Waals surface area contributed by atoms with Gasteiger partial charge in [-0.1, -0.05) is 12.1 Å². The third-order valence-corrected chi connectivity index (χ3v) is 3.80. The Bertz CT molecular complexity index is 487. The fourth-order valence-electron chi connectivity index (χ4n) is 2.58. The number of aliphatic hydroxyl groups is 1. The maximum Gasteiger partial charge on any atom is 0.176 e. The lowest BCUT2D eigenvalue weighted by atomic mass is 10.0. The minimum atomic E-state index is -0.189. The standard InChI is InChI=1S/C16H23NO3/c1-11-4-5-14(6-12(11)2)16(19)9-17-7-13(3)20-15(8-17)10-18/h4-6,13,15,18H,7-10H2,1-3H3. The van der Waals surface area contributed by atoms with Crippen molar-refractivity contribution in [2.75, 3.05) is 26.2 Å². The Morgan fingerprint density at radius 2 is 2.10 bits per heavy atom. The number of nitrogens with zero attached hydrogens (tertiary/aromatic N) is 1. The number of morpholine rings is 1. The molecule has 0 saturated carbocycles. The number of aryl methyl sites for hydroxylation is 2. The first-order valence-corrected chi connectivity index (χ1v) is 7.08. The Labute approximate surface area is 120 Å². The molecule has 1 heterocycles. The van der Waals surface area contributed by atoms with Crippen molar-refractivity contribution in [3.63, 3.8) is 0 Å². The molecule has 0 radical (unpaired) electrons. The van der Waals surface area contributed by atoms with Crippen molar-refractivity contribution in [3.8, 4) is 0 Å². The monoisotopic (exact) mass is 277 g/mol. The summed E-state index contributed by atoms with van der Waals surface area (Å²) in [6.45, 7) is 7.75. The molecule has 20 heavy (non-hydrogen) atoms. The lowest BCUT2D eigenvalue weighted by Crippen LogP contribution is -2.49. The van der Waals surface area contributed by atoms with Crippen LogP contribution in [0.2, 0.25) is 0 Å². The van der Waals surface area contributed by atoms with Crippen molar-refractivity contribution >= 4 is 5.78 Å². The average Bonchev–Trinajstić information content (AvgIpc) is 2.41. The predicted octanol–water partition coefficient (Wildman–Crippen LogP) is 1.57. The van der Waals surface area contributed by atoms with Crippen LogP contribution in [-0.2, 0) is 4.74 Å². The highest BCUT2D eigenvalue weighted by Crippen LogP contribution is 2.14. The van der Waals surface area contributed by atoms with Crippen LogP contribution in [0.5, 0.6) is 0 Å². The second-order valence-electron chi connectivity index (χ2n) is 5.67. The van der Waals surface area contributed by atoms with Crippen LogP contribution < -0.4 is 0 Å². The predicted molar refractivity (Wildman–Crippen MR) is 78.1 cm³/mol. The summed E-state index contributed by atoms with van der Waals surface area (Å²) < 4.78 is 5.58. The average molecular weight is 277 g/mol. The van der Waals surface area contributed by atoms with Gasteiger partial charge in [-0.3, -0.25) is 9.69 Å². The number of benzene rings is 1. The lowest BCUT2D eigenvalue weighted by molar-refractivity contribution is -0.0926. The van der Waals surface area contributed by atoms with E-state index >= 15 is 0 Å². The fraction of sp³-hybridized carbons (Fsp3) is 0.562. The number of aliphatic hydroxyl groups excluding tert-OH is 1. The number of Topliss-reactive ketones (excluding diaryl/α,β-unsaturated/α-hetero) is 1. The fourth-order valence-corrected chi connectivity index (χ4v) is 2.58. The molecule has 2 unspecified atom stereocenters. The summed E-state index contributed by atoms with van der Waals surface area (Å²) in [6, 6.07) is 5.82. The molecular formula is C16H23NO3. The number of carbonyl (C=O) groups is 1. The second kappa shape index (κ2) is 6.48. The minimum absolute atomic E-state index is 0.00132. The number of hydrogen-bond donors (Lipinski definition) is 1. The van der Waals surface area contributed by atoms with Crippen molar-refractivity contribution in [3.05, 3.63) is 34.9 Å². The highest BCUT2D eigenvalue weighted by atomic mass is 16.5. The van der Waals surface area contributed by atoms with Gasteiger partial charge in [-0.15, -0.1) is 0 Å². The molecule has 0 spiro atoms. The summed E-state index contributed by atoms with van der Waals surface area (Å²) in [5, 5.41) is 9.21. The molecule has 1 aromatic carbocycles. The maximum atomic E-state index is 12.3. The van der Waals surface area contributed by atoms with E-state index in [1.807, 2.05) is 39.0 Å². The van der Waals surface area contributed by atoms with Crippen molar-refractivity contribution in [2.24, 2.45) is 0 Å². The van der Waals surface area contributed by atoms with E-state index in [-0.39, 0.29) is 24.6 Å². The molecule has 0 aromatic heterocycles. The SMILES string of the molecule is Cc1ccc(C(=O)CN2CC(C)OC(CO)C2)cc1C. The smallest absolute Gasteiger partial charge is 0.176 e. The first kappa shape index (κ1) is 15.2. The van der Waals surface area contributed by atoms with E-state index in [9.17, 15) is 9.90 Å². The van der Waals surface area contributed by atoms with E-state index in [1.165, 1.54) is 5.56 Å². The third-order valence-electron chi connectivity index (χ3n) is 3.80. The molecule has 1 N–H and O–H groups in total. The Balaban J connectivity index is 2.01. The number of ketones is 1. The third kappa shape index (κ3) is 3.66. The maximum absolute atomic E-state index is 12.3. The van der Waals surface area contributed by atoms with Crippen molar-refractivity contribution in [1.82, 2.24) is 4.90 Å². The van der Waals surface area contributed by atoms with Crippen LogP contribution in [0.4, 0.5) is 0 Å². The quantitative estimate of drug-likeness (QED) is 0.849. The highest BCUT2D eigenvalue weighted by molar-refractivity contribution is 5.97. The van der Waals surface area contributed by atoms with Crippen LogP contribution >= 0.6 is 0 Å². The van der Waals surface area contributed by atoms with E-state index in [1.54, 1.807) is 0 Å². The van der Waals surface area contributed by atoms with Gasteiger partial charge < -0.3 is 9.84 Å². The molecule has 1 fully saturated rings. The summed E-state index contributed by atoms with van der Waals surface area (Å²) in [5.41, 5.74) is 3.09. The molecule has 0 bridgehead atoms. The van der Waals surface area contributed by atoms with Gasteiger partial charge in [0.05, 0.1) is 25.4 Å². The zero-order chi connectivity index (χ0) is 14.7. The molecule has 1 saturated heterocycles. The van der Waals surface area contributed by atoms with Crippen LogP contribution in [0.3, 0.4) is 0 Å². The van der Waals surface area contributed by atoms with E-state index in [2.05, 4.69) is 4.90 Å². The Hall–Kier alpha value is -1.23. The van der Waals surface area contributed by atoms with Gasteiger partial charge in [0.2, 0.25) is 0 Å². The summed E-state index contributed by atoms with van der Waals surface area (Å²) in [5.74, 6) is 0.124. The summed E-state index contributed by atoms with van der Waals surface area (Å²) in [7, 11) is 0. The van der Waals surface area contributed by atoms with Crippen LogP contribution in [0, 0.1) is 13.8 Å². The van der Waals surface area contributed by atoms with Crippen molar-refractivity contribution in [1.29, 1.82) is 0 Å². The normalized spacial score (nSPS) is 23.8. The van der Waals surface area contributed by atoms with Crippen LogP contribution in [0.15, 0.2) is 18.2 Å². The topological polar surface area (TPSA) is 49.8 Å². The summed E-state index contributed by atoms with van der Waals surface area (Å²) in [6.07, 6.45) is -0.139. The number of rotatable bonds is 4. The molecule has 110 valence electrons. The largest absolute Gasteiger partial charge is 0.394 e. The molecule has 0 aliphatic carbocycles. The van der Waals surface area contributed by atoms with Gasteiger partial charge in [0.15, 0.2) is 5.78 Å². The van der Waals surface area contributed by atoms with Gasteiger partial charge in [-0.05, 0) is 38.0 Å². The molecule has 1 aliphatic rings. The minimum Gasteiger partial charge on any atom is -0.394 e. The van der Waals surface area contributed by atoms with E-state index in [4.69, 9.17) is 4.74 Å². The highest BCUT2D eigenvalue weighted by Gasteiger charge is 2.26. The molecule has 4 nitrogen and oxygen atoms in total. The number of hydrogen-bond acceptors (Lipinski definition) is 4. The molecule has 0 amide bonds. The summed E-state index contributed by atoms with van der Waals surface area (Å²) in [4.78, 5) is 14.4. The zero-order valence-electron chi connectivity index (χ0n) is 12.4. The van der Waals surface area contributed by atoms with Gasteiger partial charge >= 0.3 is 0 Å². The van der Waals surface area contributed by atoms with E-state index in [0.717, 1.165) is 17.7 Å². The van der Waals surface area contributed by atoms with Gasteiger partial charge in [0.25, 0.3) is 0 Å². The molecule has 1 aromatic rings. The summed E-state index contributed by atoms with van der Waals surface area (Å²) >= 11 is 0. The van der Waals surface area contributed by atoms with Crippen LogP contribution in [-0.4, -0.2) is 54.2 Å². The number of ether oxygens (including phenoxy) is 1. The molecule has 2 atom stereocenters. The Morgan fingerprint density at radius 3 is 2.75 bits per heavy atom. The Kier molecular flexibility index (Phi) is 4.91. The van der Waals surface area contributed by atoms with Crippen molar-refractivity contribution in [2.45, 2.75) is 33.0 Å².